The molecule has 9 heteroatoms. The Morgan fingerprint density at radius 3 is 2.18 bits per heavy atom. The molecule has 0 bridgehead atoms. The number of methoxy groups -OCH3 is 1. The molecular weight excluding hydrogens is 459 g/mol. The van der Waals surface area contributed by atoms with E-state index in [0.717, 1.165) is 14.8 Å². The number of hydrogen-bond acceptors (Lipinski definition) is 5. The van der Waals surface area contributed by atoms with Crippen LogP contribution in [0.1, 0.15) is 17.5 Å². The first kappa shape index (κ1) is 23.6. The number of nitrogens with zero attached hydrogens (tertiary/aromatic N) is 2. The zero-order valence-corrected chi connectivity index (χ0v) is 19.5. The van der Waals surface area contributed by atoms with Crippen LogP contribution in [0.5, 0.6) is 5.75 Å². The van der Waals surface area contributed by atoms with Crippen molar-refractivity contribution in [3.63, 3.8) is 0 Å². The molecule has 0 radical (unpaired) electrons. The zero-order valence-electron chi connectivity index (χ0n) is 18.6. The number of ether oxygens (including phenoxy) is 1. The fourth-order valence-electron chi connectivity index (χ4n) is 3.82. The average molecular weight is 483 g/mol. The van der Waals surface area contributed by atoms with Crippen molar-refractivity contribution in [3.05, 3.63) is 89.7 Å². The lowest BCUT2D eigenvalue weighted by Crippen LogP contribution is -2.45. The molecule has 1 unspecified atom stereocenters. The molecular formula is C25H23FN2O5S. The van der Waals surface area contributed by atoms with E-state index in [4.69, 9.17) is 4.74 Å². The standard InChI is InChI=1S/C25H23FN2O5S/c1-17-3-13-22(14-4-17)34(31,32)27(16-18-5-7-19(26)8-6-18)23-15-24(29)28(25(23)30)20-9-11-21(33-2)12-10-20/h3-14,23H,15-16H2,1-2H3. The highest BCUT2D eigenvalue weighted by molar-refractivity contribution is 7.89. The first-order valence-electron chi connectivity index (χ1n) is 10.5. The summed E-state index contributed by atoms with van der Waals surface area (Å²) in [4.78, 5) is 27.3. The van der Waals surface area contributed by atoms with Crippen molar-refractivity contribution in [1.82, 2.24) is 4.31 Å². The van der Waals surface area contributed by atoms with Crippen LogP contribution in [0.15, 0.2) is 77.7 Å². The van der Waals surface area contributed by atoms with Gasteiger partial charge >= 0.3 is 0 Å². The Morgan fingerprint density at radius 1 is 0.971 bits per heavy atom. The minimum absolute atomic E-state index is 0.00311. The van der Waals surface area contributed by atoms with Gasteiger partial charge in [-0.05, 0) is 61.0 Å². The van der Waals surface area contributed by atoms with E-state index in [1.807, 2.05) is 6.92 Å². The van der Waals surface area contributed by atoms with Crippen LogP contribution in [0.4, 0.5) is 10.1 Å². The number of carbonyl (C=O) groups excluding carboxylic acids is 2. The molecule has 0 aliphatic carbocycles. The molecule has 4 rings (SSSR count). The lowest BCUT2D eigenvalue weighted by atomic mass is 10.2. The van der Waals surface area contributed by atoms with Crippen molar-refractivity contribution in [2.75, 3.05) is 12.0 Å². The zero-order chi connectivity index (χ0) is 24.5. The minimum Gasteiger partial charge on any atom is -0.497 e. The third-order valence-corrected chi connectivity index (χ3v) is 7.55. The normalized spacial score (nSPS) is 16.4. The smallest absolute Gasteiger partial charge is 0.252 e. The number of amides is 2. The van der Waals surface area contributed by atoms with Gasteiger partial charge in [0, 0.05) is 6.54 Å². The summed E-state index contributed by atoms with van der Waals surface area (Å²) in [5, 5.41) is 0. The predicted molar refractivity (Wildman–Crippen MR) is 124 cm³/mol. The maximum Gasteiger partial charge on any atom is 0.252 e. The van der Waals surface area contributed by atoms with Crippen LogP contribution in [0, 0.1) is 12.7 Å². The first-order chi connectivity index (χ1) is 16.2. The van der Waals surface area contributed by atoms with Crippen LogP contribution in [0.3, 0.4) is 0 Å². The molecule has 3 aromatic carbocycles. The van der Waals surface area contributed by atoms with Gasteiger partial charge in [-0.2, -0.15) is 4.31 Å². The molecule has 1 aliphatic heterocycles. The van der Waals surface area contributed by atoms with E-state index in [1.165, 1.54) is 43.5 Å². The maximum atomic E-state index is 13.6. The van der Waals surface area contributed by atoms with Crippen molar-refractivity contribution < 1.29 is 27.1 Å². The predicted octanol–water partition coefficient (Wildman–Crippen LogP) is 3.67. The number of halogens is 1. The second kappa shape index (κ2) is 9.36. The lowest BCUT2D eigenvalue weighted by molar-refractivity contribution is -0.122. The van der Waals surface area contributed by atoms with Crippen molar-refractivity contribution in [3.8, 4) is 5.75 Å². The molecule has 1 atom stereocenters. The van der Waals surface area contributed by atoms with Gasteiger partial charge in [-0.3, -0.25) is 9.59 Å². The number of benzene rings is 3. The molecule has 0 aromatic heterocycles. The van der Waals surface area contributed by atoms with E-state index >= 15 is 0 Å². The fraction of sp³-hybridized carbons (Fsp3) is 0.200. The van der Waals surface area contributed by atoms with E-state index < -0.39 is 33.7 Å². The van der Waals surface area contributed by atoms with E-state index in [-0.39, 0.29) is 17.9 Å². The Labute approximate surface area is 197 Å². The van der Waals surface area contributed by atoms with E-state index in [0.29, 0.717) is 17.0 Å². The molecule has 176 valence electrons. The average Bonchev–Trinajstić information content (AvgIpc) is 3.12. The summed E-state index contributed by atoms with van der Waals surface area (Å²) in [5.41, 5.74) is 1.69. The van der Waals surface area contributed by atoms with Crippen molar-refractivity contribution in [1.29, 1.82) is 0 Å². The summed E-state index contributed by atoms with van der Waals surface area (Å²) in [6, 6.07) is 16.7. The Hall–Kier alpha value is -3.56. The van der Waals surface area contributed by atoms with Crippen molar-refractivity contribution in [2.45, 2.75) is 30.8 Å². The monoisotopic (exact) mass is 482 g/mol. The quantitative estimate of drug-likeness (QED) is 0.480. The molecule has 1 heterocycles. The van der Waals surface area contributed by atoms with E-state index in [2.05, 4.69) is 0 Å². The van der Waals surface area contributed by atoms with Crippen LogP contribution in [0.25, 0.3) is 0 Å². The molecule has 1 fully saturated rings. The third-order valence-electron chi connectivity index (χ3n) is 5.68. The number of imide groups is 1. The number of aryl methyl sites for hydroxylation is 1. The van der Waals surface area contributed by atoms with Crippen molar-refractivity contribution >= 4 is 27.5 Å². The summed E-state index contributed by atoms with van der Waals surface area (Å²) < 4.78 is 46.8. The number of carbonyl (C=O) groups is 2. The lowest BCUT2D eigenvalue weighted by Gasteiger charge is -2.27. The van der Waals surface area contributed by atoms with Gasteiger partial charge in [0.15, 0.2) is 0 Å². The largest absolute Gasteiger partial charge is 0.497 e. The number of anilines is 1. The Bertz CT molecular complexity index is 1310. The van der Waals surface area contributed by atoms with Crippen molar-refractivity contribution in [2.24, 2.45) is 0 Å². The summed E-state index contributed by atoms with van der Waals surface area (Å²) in [5.74, 6) is -1.06. The Morgan fingerprint density at radius 2 is 1.59 bits per heavy atom. The maximum absolute atomic E-state index is 13.6. The van der Waals surface area contributed by atoms with E-state index in [1.54, 1.807) is 36.4 Å². The van der Waals surface area contributed by atoms with Gasteiger partial charge < -0.3 is 4.74 Å². The molecule has 2 amide bonds. The topological polar surface area (TPSA) is 84.0 Å². The summed E-state index contributed by atoms with van der Waals surface area (Å²) in [6.07, 6.45) is -0.308. The van der Waals surface area contributed by atoms with Gasteiger partial charge in [-0.1, -0.05) is 29.8 Å². The summed E-state index contributed by atoms with van der Waals surface area (Å²) in [7, 11) is -2.66. The van der Waals surface area contributed by atoms with Gasteiger partial charge in [0.05, 0.1) is 24.1 Å². The van der Waals surface area contributed by atoms with Crippen LogP contribution in [0.2, 0.25) is 0 Å². The Balaban J connectivity index is 1.73. The molecule has 34 heavy (non-hydrogen) atoms. The number of hydrogen-bond donors (Lipinski definition) is 0. The molecule has 1 aliphatic rings. The van der Waals surface area contributed by atoms with Crippen LogP contribution >= 0.6 is 0 Å². The first-order valence-corrected chi connectivity index (χ1v) is 12.0. The SMILES string of the molecule is COc1ccc(N2C(=O)CC(N(Cc3ccc(F)cc3)S(=O)(=O)c3ccc(C)cc3)C2=O)cc1. The molecule has 1 saturated heterocycles. The number of sulfonamides is 1. The Kier molecular flexibility index (Phi) is 6.49. The molecule has 3 aromatic rings. The van der Waals surface area contributed by atoms with Gasteiger partial charge in [-0.25, -0.2) is 17.7 Å². The van der Waals surface area contributed by atoms with Gasteiger partial charge in [0.1, 0.15) is 17.6 Å². The van der Waals surface area contributed by atoms with Crippen LogP contribution in [-0.4, -0.2) is 37.7 Å². The summed E-state index contributed by atoms with van der Waals surface area (Å²) in [6.45, 7) is 1.63. The molecule has 0 saturated carbocycles. The molecule has 7 nitrogen and oxygen atoms in total. The second-order valence-corrected chi connectivity index (χ2v) is 9.87. The highest BCUT2D eigenvalue weighted by Gasteiger charge is 2.47. The van der Waals surface area contributed by atoms with Gasteiger partial charge in [0.2, 0.25) is 15.9 Å². The number of rotatable bonds is 7. The fourth-order valence-corrected chi connectivity index (χ4v) is 5.39. The highest BCUT2D eigenvalue weighted by atomic mass is 32.2. The van der Waals surface area contributed by atoms with E-state index in [9.17, 15) is 22.4 Å². The van der Waals surface area contributed by atoms with Crippen LogP contribution in [-0.2, 0) is 26.2 Å². The van der Waals surface area contributed by atoms with Gasteiger partial charge in [0.25, 0.3) is 5.91 Å². The minimum atomic E-state index is -4.16. The third kappa shape index (κ3) is 4.57. The molecule has 0 N–H and O–H groups in total. The second-order valence-electron chi connectivity index (χ2n) is 7.98. The highest BCUT2D eigenvalue weighted by Crippen LogP contribution is 2.31. The van der Waals surface area contributed by atoms with Gasteiger partial charge in [-0.15, -0.1) is 0 Å². The molecule has 0 spiro atoms. The van der Waals surface area contributed by atoms with Crippen LogP contribution < -0.4 is 9.64 Å². The summed E-state index contributed by atoms with van der Waals surface area (Å²) >= 11 is 0.